The summed E-state index contributed by atoms with van der Waals surface area (Å²) in [6.45, 7) is 5.31. The molecule has 20 heavy (non-hydrogen) atoms. The first-order valence-corrected chi connectivity index (χ1v) is 8.55. The minimum atomic E-state index is 0.531. The van der Waals surface area contributed by atoms with Crippen LogP contribution in [0.5, 0.6) is 0 Å². The number of nitrogens with one attached hydrogen (secondary N) is 1. The normalized spacial score (nSPS) is 11.2. The molecular formula is C14H17BrClN3S. The minimum Gasteiger partial charge on any atom is -0.315 e. The van der Waals surface area contributed by atoms with Gasteiger partial charge in [-0.25, -0.2) is 0 Å². The third-order valence-corrected chi connectivity index (χ3v) is 4.40. The maximum atomic E-state index is 6.06. The topological polar surface area (TPSA) is 37.8 Å². The van der Waals surface area contributed by atoms with E-state index in [1.165, 1.54) is 0 Å². The van der Waals surface area contributed by atoms with Crippen LogP contribution in [0.25, 0.3) is 10.6 Å². The lowest BCUT2D eigenvalue weighted by atomic mass is 10.2. The van der Waals surface area contributed by atoms with Gasteiger partial charge in [-0.3, -0.25) is 0 Å². The van der Waals surface area contributed by atoms with Gasteiger partial charge in [0.1, 0.15) is 10.0 Å². The molecule has 0 aliphatic rings. The van der Waals surface area contributed by atoms with Crippen molar-refractivity contribution in [2.24, 2.45) is 0 Å². The van der Waals surface area contributed by atoms with Crippen LogP contribution in [-0.4, -0.2) is 22.8 Å². The number of benzene rings is 1. The molecule has 1 aromatic heterocycles. The molecule has 1 aromatic carbocycles. The standard InChI is InChI=1S/C14H17BrClN3S/c1-9(2)17-5-3-4-13-18-19-14(20-13)10-6-11(15)8-12(16)7-10/h6-9,17H,3-5H2,1-2H3. The molecule has 0 saturated carbocycles. The van der Waals surface area contributed by atoms with E-state index in [1.807, 2.05) is 18.2 Å². The van der Waals surface area contributed by atoms with Crippen LogP contribution in [0.15, 0.2) is 22.7 Å². The van der Waals surface area contributed by atoms with E-state index >= 15 is 0 Å². The van der Waals surface area contributed by atoms with Gasteiger partial charge in [0.2, 0.25) is 0 Å². The van der Waals surface area contributed by atoms with Gasteiger partial charge in [0.25, 0.3) is 0 Å². The van der Waals surface area contributed by atoms with Crippen molar-refractivity contribution < 1.29 is 0 Å². The van der Waals surface area contributed by atoms with Gasteiger partial charge >= 0.3 is 0 Å². The van der Waals surface area contributed by atoms with Crippen molar-refractivity contribution in [2.45, 2.75) is 32.7 Å². The lowest BCUT2D eigenvalue weighted by Crippen LogP contribution is -2.23. The molecule has 108 valence electrons. The van der Waals surface area contributed by atoms with Crippen LogP contribution in [0.3, 0.4) is 0 Å². The molecule has 0 aliphatic carbocycles. The maximum absolute atomic E-state index is 6.06. The first-order chi connectivity index (χ1) is 9.54. The Hall–Kier alpha value is -0.490. The van der Waals surface area contributed by atoms with Crippen molar-refractivity contribution in [1.29, 1.82) is 0 Å². The van der Waals surface area contributed by atoms with Crippen molar-refractivity contribution >= 4 is 38.9 Å². The number of aryl methyl sites for hydroxylation is 1. The van der Waals surface area contributed by atoms with E-state index in [0.717, 1.165) is 39.4 Å². The summed E-state index contributed by atoms with van der Waals surface area (Å²) in [6, 6.07) is 6.32. The van der Waals surface area contributed by atoms with Crippen LogP contribution >= 0.6 is 38.9 Å². The molecule has 0 spiro atoms. The maximum Gasteiger partial charge on any atom is 0.147 e. The van der Waals surface area contributed by atoms with Gasteiger partial charge in [0, 0.05) is 27.5 Å². The molecule has 2 aromatic rings. The molecule has 0 saturated heterocycles. The fourth-order valence-electron chi connectivity index (χ4n) is 1.78. The Labute approximate surface area is 136 Å². The second-order valence-corrected chi connectivity index (χ2v) is 7.29. The Balaban J connectivity index is 1.98. The van der Waals surface area contributed by atoms with E-state index in [1.54, 1.807) is 11.3 Å². The molecule has 0 atom stereocenters. The Morgan fingerprint density at radius 1 is 1.30 bits per heavy atom. The third kappa shape index (κ3) is 4.81. The highest BCUT2D eigenvalue weighted by Gasteiger charge is 2.08. The van der Waals surface area contributed by atoms with Gasteiger partial charge < -0.3 is 5.32 Å². The van der Waals surface area contributed by atoms with Crippen molar-refractivity contribution in [2.75, 3.05) is 6.54 Å². The summed E-state index contributed by atoms with van der Waals surface area (Å²) in [5, 5.41) is 14.6. The predicted molar refractivity (Wildman–Crippen MR) is 89.5 cm³/mol. The first-order valence-electron chi connectivity index (χ1n) is 6.57. The molecule has 1 heterocycles. The van der Waals surface area contributed by atoms with Crippen LogP contribution in [-0.2, 0) is 6.42 Å². The van der Waals surface area contributed by atoms with Gasteiger partial charge in [0.15, 0.2) is 0 Å². The van der Waals surface area contributed by atoms with Crippen LogP contribution in [0.2, 0.25) is 5.02 Å². The van der Waals surface area contributed by atoms with Crippen LogP contribution in [0.4, 0.5) is 0 Å². The molecule has 3 nitrogen and oxygen atoms in total. The molecular weight excluding hydrogens is 358 g/mol. The average molecular weight is 375 g/mol. The van der Waals surface area contributed by atoms with E-state index in [-0.39, 0.29) is 0 Å². The third-order valence-electron chi connectivity index (χ3n) is 2.70. The van der Waals surface area contributed by atoms with Gasteiger partial charge in [-0.1, -0.05) is 52.7 Å². The Morgan fingerprint density at radius 3 is 2.80 bits per heavy atom. The Kier molecular flexibility index (Phi) is 5.96. The molecule has 2 rings (SSSR count). The zero-order chi connectivity index (χ0) is 14.5. The summed E-state index contributed by atoms with van der Waals surface area (Å²) >= 11 is 11.1. The van der Waals surface area contributed by atoms with Gasteiger partial charge in [-0.2, -0.15) is 0 Å². The van der Waals surface area contributed by atoms with Crippen molar-refractivity contribution in [1.82, 2.24) is 15.5 Å². The number of aromatic nitrogens is 2. The second-order valence-electron chi connectivity index (χ2n) is 4.87. The molecule has 1 N–H and O–H groups in total. The molecule has 6 heteroatoms. The van der Waals surface area contributed by atoms with E-state index in [0.29, 0.717) is 11.1 Å². The summed E-state index contributed by atoms with van der Waals surface area (Å²) in [5.74, 6) is 0. The lowest BCUT2D eigenvalue weighted by Gasteiger charge is -2.05. The smallest absolute Gasteiger partial charge is 0.147 e. The van der Waals surface area contributed by atoms with Gasteiger partial charge in [0.05, 0.1) is 0 Å². The molecule has 0 amide bonds. The Bertz CT molecular complexity index is 551. The lowest BCUT2D eigenvalue weighted by molar-refractivity contribution is 0.569. The molecule has 0 aliphatic heterocycles. The summed E-state index contributed by atoms with van der Waals surface area (Å²) in [6.07, 6.45) is 2.03. The first kappa shape index (κ1) is 15.9. The van der Waals surface area contributed by atoms with E-state index in [2.05, 4.69) is 45.3 Å². The second kappa shape index (κ2) is 7.50. The number of rotatable bonds is 6. The summed E-state index contributed by atoms with van der Waals surface area (Å²) in [4.78, 5) is 0. The van der Waals surface area contributed by atoms with E-state index in [4.69, 9.17) is 11.6 Å². The van der Waals surface area contributed by atoms with Crippen molar-refractivity contribution in [3.05, 3.63) is 32.7 Å². The SMILES string of the molecule is CC(C)NCCCc1nnc(-c2cc(Cl)cc(Br)c2)s1. The van der Waals surface area contributed by atoms with Crippen LogP contribution in [0.1, 0.15) is 25.3 Å². The number of hydrogen-bond donors (Lipinski definition) is 1. The highest BCUT2D eigenvalue weighted by atomic mass is 79.9. The summed E-state index contributed by atoms with van der Waals surface area (Å²) in [7, 11) is 0. The zero-order valence-corrected chi connectivity index (χ0v) is 14.6. The fourth-order valence-corrected chi connectivity index (χ4v) is 3.51. The van der Waals surface area contributed by atoms with Gasteiger partial charge in [-0.05, 0) is 31.2 Å². The number of hydrogen-bond acceptors (Lipinski definition) is 4. The summed E-state index contributed by atoms with van der Waals surface area (Å²) < 4.78 is 0.956. The van der Waals surface area contributed by atoms with Crippen molar-refractivity contribution in [3.8, 4) is 10.6 Å². The van der Waals surface area contributed by atoms with Crippen molar-refractivity contribution in [3.63, 3.8) is 0 Å². The summed E-state index contributed by atoms with van der Waals surface area (Å²) in [5.41, 5.74) is 1.01. The van der Waals surface area contributed by atoms with Gasteiger partial charge in [-0.15, -0.1) is 10.2 Å². The molecule has 0 fully saturated rings. The predicted octanol–water partition coefficient (Wildman–Crippen LogP) is 4.55. The monoisotopic (exact) mass is 373 g/mol. The highest BCUT2D eigenvalue weighted by Crippen LogP contribution is 2.29. The quantitative estimate of drug-likeness (QED) is 0.754. The molecule has 0 unspecified atom stereocenters. The highest BCUT2D eigenvalue weighted by molar-refractivity contribution is 9.10. The molecule has 0 radical (unpaired) electrons. The largest absolute Gasteiger partial charge is 0.315 e. The number of nitrogens with zero attached hydrogens (tertiary/aromatic N) is 2. The molecule has 0 bridgehead atoms. The fraction of sp³-hybridized carbons (Fsp3) is 0.429. The van der Waals surface area contributed by atoms with E-state index < -0.39 is 0 Å². The van der Waals surface area contributed by atoms with Crippen LogP contribution < -0.4 is 5.32 Å². The van der Waals surface area contributed by atoms with E-state index in [9.17, 15) is 0 Å². The number of halogens is 2. The van der Waals surface area contributed by atoms with Crippen LogP contribution in [0, 0.1) is 0 Å². The Morgan fingerprint density at radius 2 is 2.10 bits per heavy atom. The zero-order valence-electron chi connectivity index (χ0n) is 11.5. The average Bonchev–Trinajstić information content (AvgIpc) is 2.82. The minimum absolute atomic E-state index is 0.531.